The normalized spacial score (nSPS) is 10.5. The SMILES string of the molecule is CCOC(=O)c1ccc(Nc2ncc(C(=O)NCCN(C)C)cn2)cc1. The largest absolute Gasteiger partial charge is 0.462 e. The fourth-order valence-electron chi connectivity index (χ4n) is 2.04. The van der Waals surface area contributed by atoms with E-state index in [-0.39, 0.29) is 11.9 Å². The smallest absolute Gasteiger partial charge is 0.338 e. The van der Waals surface area contributed by atoms with Gasteiger partial charge in [0.15, 0.2) is 0 Å². The van der Waals surface area contributed by atoms with Crippen molar-refractivity contribution < 1.29 is 14.3 Å². The molecule has 0 aliphatic heterocycles. The van der Waals surface area contributed by atoms with Crippen molar-refractivity contribution in [3.05, 3.63) is 47.8 Å². The number of likely N-dealkylation sites (N-methyl/N-ethyl adjacent to an activating group) is 1. The van der Waals surface area contributed by atoms with Crippen molar-refractivity contribution in [3.8, 4) is 0 Å². The van der Waals surface area contributed by atoms with Gasteiger partial charge in [0.25, 0.3) is 5.91 Å². The van der Waals surface area contributed by atoms with Crippen LogP contribution in [0.5, 0.6) is 0 Å². The molecule has 0 saturated carbocycles. The number of rotatable bonds is 8. The number of aromatic nitrogens is 2. The lowest BCUT2D eigenvalue weighted by Gasteiger charge is -2.10. The maximum Gasteiger partial charge on any atom is 0.338 e. The number of hydrogen-bond donors (Lipinski definition) is 2. The minimum Gasteiger partial charge on any atom is -0.462 e. The van der Waals surface area contributed by atoms with Crippen molar-refractivity contribution in [1.82, 2.24) is 20.2 Å². The first-order valence-electron chi connectivity index (χ1n) is 8.28. The third-order valence-corrected chi connectivity index (χ3v) is 3.41. The van der Waals surface area contributed by atoms with Crippen LogP contribution in [0.3, 0.4) is 0 Å². The molecule has 0 bridgehead atoms. The van der Waals surface area contributed by atoms with Gasteiger partial charge in [0, 0.05) is 31.2 Å². The van der Waals surface area contributed by atoms with E-state index < -0.39 is 0 Å². The number of nitrogens with zero attached hydrogens (tertiary/aromatic N) is 3. The van der Waals surface area contributed by atoms with Gasteiger partial charge in [-0.15, -0.1) is 0 Å². The summed E-state index contributed by atoms with van der Waals surface area (Å²) in [5.74, 6) is -0.212. The first-order valence-corrected chi connectivity index (χ1v) is 8.28. The Morgan fingerprint density at radius 2 is 1.73 bits per heavy atom. The summed E-state index contributed by atoms with van der Waals surface area (Å²) < 4.78 is 4.94. The summed E-state index contributed by atoms with van der Waals surface area (Å²) in [6, 6.07) is 6.79. The molecule has 0 atom stereocenters. The third-order valence-electron chi connectivity index (χ3n) is 3.41. The second kappa shape index (κ2) is 9.47. The topological polar surface area (TPSA) is 96.4 Å². The maximum atomic E-state index is 12.0. The molecule has 2 aromatic rings. The summed E-state index contributed by atoms with van der Waals surface area (Å²) in [5, 5.41) is 5.82. The Kier molecular flexibility index (Phi) is 7.04. The highest BCUT2D eigenvalue weighted by molar-refractivity contribution is 5.93. The Labute approximate surface area is 152 Å². The third kappa shape index (κ3) is 5.82. The summed E-state index contributed by atoms with van der Waals surface area (Å²) in [6.45, 7) is 3.41. The van der Waals surface area contributed by atoms with Gasteiger partial charge in [0.1, 0.15) is 0 Å². The zero-order valence-electron chi connectivity index (χ0n) is 15.2. The number of anilines is 2. The Morgan fingerprint density at radius 1 is 1.08 bits per heavy atom. The van der Waals surface area contributed by atoms with Crippen molar-refractivity contribution >= 4 is 23.5 Å². The number of nitrogens with one attached hydrogen (secondary N) is 2. The van der Waals surface area contributed by atoms with Crippen LogP contribution < -0.4 is 10.6 Å². The number of amides is 1. The van der Waals surface area contributed by atoms with Crippen molar-refractivity contribution in [2.75, 3.05) is 39.1 Å². The van der Waals surface area contributed by atoms with Crippen LogP contribution in [0, 0.1) is 0 Å². The van der Waals surface area contributed by atoms with Gasteiger partial charge < -0.3 is 20.3 Å². The number of hydrogen-bond acceptors (Lipinski definition) is 7. The highest BCUT2D eigenvalue weighted by atomic mass is 16.5. The quantitative estimate of drug-likeness (QED) is 0.694. The van der Waals surface area contributed by atoms with Crippen LogP contribution in [0.2, 0.25) is 0 Å². The lowest BCUT2D eigenvalue weighted by molar-refractivity contribution is 0.0526. The van der Waals surface area contributed by atoms with E-state index in [2.05, 4.69) is 20.6 Å². The van der Waals surface area contributed by atoms with Gasteiger partial charge in [0.2, 0.25) is 5.95 Å². The monoisotopic (exact) mass is 357 g/mol. The molecule has 26 heavy (non-hydrogen) atoms. The van der Waals surface area contributed by atoms with E-state index in [1.54, 1.807) is 31.2 Å². The minimum absolute atomic E-state index is 0.211. The number of ether oxygens (including phenoxy) is 1. The summed E-state index contributed by atoms with van der Waals surface area (Å²) in [7, 11) is 3.88. The summed E-state index contributed by atoms with van der Waals surface area (Å²) >= 11 is 0. The highest BCUT2D eigenvalue weighted by Crippen LogP contribution is 2.14. The maximum absolute atomic E-state index is 12.0. The molecule has 1 amide bonds. The number of benzene rings is 1. The van der Waals surface area contributed by atoms with Gasteiger partial charge in [-0.2, -0.15) is 0 Å². The standard InChI is InChI=1S/C18H23N5O3/c1-4-26-17(25)13-5-7-15(8-6-13)22-18-20-11-14(12-21-18)16(24)19-9-10-23(2)3/h5-8,11-12H,4,9-10H2,1-3H3,(H,19,24)(H,20,21,22). The minimum atomic E-state index is -0.361. The van der Waals surface area contributed by atoms with Crippen LogP contribution in [0.1, 0.15) is 27.6 Å². The van der Waals surface area contributed by atoms with Gasteiger partial charge in [-0.05, 0) is 45.3 Å². The summed E-state index contributed by atoms with van der Waals surface area (Å²) in [5.41, 5.74) is 1.59. The highest BCUT2D eigenvalue weighted by Gasteiger charge is 2.08. The lowest BCUT2D eigenvalue weighted by Crippen LogP contribution is -2.31. The number of carbonyl (C=O) groups is 2. The van der Waals surface area contributed by atoms with Crippen LogP contribution in [0.4, 0.5) is 11.6 Å². The molecule has 0 saturated heterocycles. The van der Waals surface area contributed by atoms with Gasteiger partial charge in [-0.1, -0.05) is 0 Å². The molecule has 8 nitrogen and oxygen atoms in total. The average Bonchev–Trinajstić information content (AvgIpc) is 2.63. The molecule has 2 N–H and O–H groups in total. The molecule has 1 aromatic carbocycles. The van der Waals surface area contributed by atoms with E-state index >= 15 is 0 Å². The molecule has 0 radical (unpaired) electrons. The predicted octanol–water partition coefficient (Wildman–Crippen LogP) is 1.69. The predicted molar refractivity (Wildman–Crippen MR) is 98.6 cm³/mol. The van der Waals surface area contributed by atoms with Gasteiger partial charge >= 0.3 is 5.97 Å². The molecule has 0 unspecified atom stereocenters. The van der Waals surface area contributed by atoms with Gasteiger partial charge in [-0.3, -0.25) is 4.79 Å². The molecule has 1 heterocycles. The van der Waals surface area contributed by atoms with Crippen molar-refractivity contribution in [2.45, 2.75) is 6.92 Å². The molecule has 138 valence electrons. The molecule has 0 aliphatic rings. The Hall–Kier alpha value is -3.00. The van der Waals surface area contributed by atoms with E-state index in [0.29, 0.717) is 30.2 Å². The summed E-state index contributed by atoms with van der Waals surface area (Å²) in [4.78, 5) is 33.9. The second-order valence-electron chi connectivity index (χ2n) is 5.78. The van der Waals surface area contributed by atoms with Gasteiger partial charge in [0.05, 0.1) is 17.7 Å². The first-order chi connectivity index (χ1) is 12.5. The van der Waals surface area contributed by atoms with Gasteiger partial charge in [-0.25, -0.2) is 14.8 Å². The Bertz CT molecular complexity index is 729. The number of carbonyl (C=O) groups excluding carboxylic acids is 2. The molecular weight excluding hydrogens is 334 g/mol. The number of esters is 1. The fraction of sp³-hybridized carbons (Fsp3) is 0.333. The van der Waals surface area contributed by atoms with Crippen LogP contribution in [-0.2, 0) is 4.74 Å². The molecule has 0 spiro atoms. The zero-order valence-corrected chi connectivity index (χ0v) is 15.2. The fourth-order valence-corrected chi connectivity index (χ4v) is 2.04. The van der Waals surface area contributed by atoms with Crippen LogP contribution >= 0.6 is 0 Å². The Morgan fingerprint density at radius 3 is 2.31 bits per heavy atom. The van der Waals surface area contributed by atoms with E-state index in [1.165, 1.54) is 12.4 Å². The average molecular weight is 357 g/mol. The van der Waals surface area contributed by atoms with E-state index in [0.717, 1.165) is 12.2 Å². The molecule has 8 heteroatoms. The van der Waals surface area contributed by atoms with Crippen LogP contribution in [0.15, 0.2) is 36.7 Å². The lowest BCUT2D eigenvalue weighted by atomic mass is 10.2. The van der Waals surface area contributed by atoms with Crippen molar-refractivity contribution in [3.63, 3.8) is 0 Å². The van der Waals surface area contributed by atoms with Crippen molar-refractivity contribution in [2.24, 2.45) is 0 Å². The van der Waals surface area contributed by atoms with E-state index in [1.807, 2.05) is 19.0 Å². The molecule has 2 rings (SSSR count). The van der Waals surface area contributed by atoms with Crippen molar-refractivity contribution in [1.29, 1.82) is 0 Å². The molecular formula is C18H23N5O3. The molecule has 0 aliphatic carbocycles. The second-order valence-corrected chi connectivity index (χ2v) is 5.78. The molecule has 0 fully saturated rings. The Balaban J connectivity index is 1.92. The van der Waals surface area contributed by atoms with E-state index in [9.17, 15) is 9.59 Å². The molecule has 1 aromatic heterocycles. The van der Waals surface area contributed by atoms with E-state index in [4.69, 9.17) is 4.74 Å². The first kappa shape index (κ1) is 19.3. The van der Waals surface area contributed by atoms with Crippen LogP contribution in [-0.4, -0.2) is 60.5 Å². The summed E-state index contributed by atoms with van der Waals surface area (Å²) in [6.07, 6.45) is 2.93. The zero-order chi connectivity index (χ0) is 18.9. The van der Waals surface area contributed by atoms with Crippen LogP contribution in [0.25, 0.3) is 0 Å².